The number of aliphatic hydroxyl groups excluding tert-OH is 1. The molecule has 0 spiro atoms. The number of benzene rings is 1. The molecule has 0 fully saturated rings. The summed E-state index contributed by atoms with van der Waals surface area (Å²) in [6.07, 6.45) is 2.31. The van der Waals surface area contributed by atoms with Crippen molar-refractivity contribution in [3.05, 3.63) is 36.2 Å². The van der Waals surface area contributed by atoms with E-state index in [1.807, 2.05) is 26.0 Å². The van der Waals surface area contributed by atoms with Crippen LogP contribution in [0.4, 0.5) is 10.5 Å². The molecule has 1 unspecified atom stereocenters. The van der Waals surface area contributed by atoms with Gasteiger partial charge in [-0.2, -0.15) is 0 Å². The summed E-state index contributed by atoms with van der Waals surface area (Å²) >= 11 is 0. The number of rotatable bonds is 5. The van der Waals surface area contributed by atoms with Gasteiger partial charge in [-0.1, -0.05) is 13.0 Å². The number of hydrogen-bond acceptors (Lipinski definition) is 4. The van der Waals surface area contributed by atoms with Crippen molar-refractivity contribution in [3.8, 4) is 11.5 Å². The number of carbonyl (C=O) groups excluding carboxylic acids is 1. The van der Waals surface area contributed by atoms with Crippen LogP contribution >= 0.6 is 0 Å². The number of amides is 2. The molecule has 6 nitrogen and oxygen atoms in total. The Hall–Kier alpha value is -2.34. The predicted molar refractivity (Wildman–Crippen MR) is 80.0 cm³/mol. The van der Waals surface area contributed by atoms with Crippen LogP contribution in [-0.4, -0.2) is 28.8 Å². The van der Waals surface area contributed by atoms with Crippen LogP contribution in [0.3, 0.4) is 0 Å². The van der Waals surface area contributed by atoms with Gasteiger partial charge in [-0.05, 0) is 31.5 Å². The minimum absolute atomic E-state index is 0.0838. The van der Waals surface area contributed by atoms with E-state index in [9.17, 15) is 4.79 Å². The van der Waals surface area contributed by atoms with Gasteiger partial charge in [0.25, 0.3) is 0 Å². The molecule has 6 heteroatoms. The van der Waals surface area contributed by atoms with Gasteiger partial charge in [-0.3, -0.25) is 0 Å². The van der Waals surface area contributed by atoms with E-state index in [2.05, 4.69) is 15.6 Å². The van der Waals surface area contributed by atoms with Crippen molar-refractivity contribution in [2.45, 2.75) is 26.3 Å². The van der Waals surface area contributed by atoms with Crippen LogP contribution in [0.25, 0.3) is 11.5 Å². The van der Waals surface area contributed by atoms with E-state index in [4.69, 9.17) is 9.52 Å². The molecule has 1 atom stereocenters. The average Bonchev–Trinajstić information content (AvgIpc) is 2.91. The highest BCUT2D eigenvalue weighted by Gasteiger charge is 2.10. The fraction of sp³-hybridized carbons (Fsp3) is 0.333. The van der Waals surface area contributed by atoms with Crippen LogP contribution in [0, 0.1) is 6.92 Å². The van der Waals surface area contributed by atoms with E-state index in [1.165, 1.54) is 0 Å². The molecule has 1 heterocycles. The van der Waals surface area contributed by atoms with Crippen LogP contribution in [-0.2, 0) is 0 Å². The molecular weight excluding hydrogens is 270 g/mol. The van der Waals surface area contributed by atoms with Gasteiger partial charge in [-0.15, -0.1) is 0 Å². The molecule has 2 amide bonds. The van der Waals surface area contributed by atoms with Crippen molar-refractivity contribution in [3.63, 3.8) is 0 Å². The molecule has 0 saturated carbocycles. The third-order valence-electron chi connectivity index (χ3n) is 3.04. The van der Waals surface area contributed by atoms with Crippen molar-refractivity contribution < 1.29 is 14.3 Å². The second kappa shape index (κ2) is 6.90. The molecule has 0 aliphatic heterocycles. The minimum atomic E-state index is -0.350. The first-order valence-electron chi connectivity index (χ1n) is 6.83. The number of aryl methyl sites for hydroxylation is 1. The lowest BCUT2D eigenvalue weighted by Gasteiger charge is -2.14. The van der Waals surface area contributed by atoms with Crippen molar-refractivity contribution in [2.75, 3.05) is 11.9 Å². The van der Waals surface area contributed by atoms with Gasteiger partial charge in [0.15, 0.2) is 0 Å². The highest BCUT2D eigenvalue weighted by Crippen LogP contribution is 2.22. The monoisotopic (exact) mass is 289 g/mol. The Morgan fingerprint density at radius 2 is 2.29 bits per heavy atom. The largest absolute Gasteiger partial charge is 0.441 e. The maximum atomic E-state index is 11.8. The molecule has 0 aliphatic rings. The Balaban J connectivity index is 2.06. The van der Waals surface area contributed by atoms with Crippen molar-refractivity contribution in [1.82, 2.24) is 10.3 Å². The van der Waals surface area contributed by atoms with Gasteiger partial charge in [-0.25, -0.2) is 9.78 Å². The van der Waals surface area contributed by atoms with E-state index in [0.717, 1.165) is 11.3 Å². The van der Waals surface area contributed by atoms with Gasteiger partial charge < -0.3 is 20.2 Å². The molecule has 1 aromatic carbocycles. The summed E-state index contributed by atoms with van der Waals surface area (Å²) in [5, 5.41) is 14.5. The number of aromatic nitrogens is 1. The Kier molecular flexibility index (Phi) is 4.94. The Bertz CT molecular complexity index is 606. The van der Waals surface area contributed by atoms with Gasteiger partial charge in [0.1, 0.15) is 5.76 Å². The smallest absolute Gasteiger partial charge is 0.319 e. The van der Waals surface area contributed by atoms with E-state index in [1.54, 1.807) is 18.3 Å². The molecular formula is C15H19N3O3. The summed E-state index contributed by atoms with van der Waals surface area (Å²) in [6.45, 7) is 3.64. The molecule has 112 valence electrons. The first kappa shape index (κ1) is 15.1. The SMILES string of the molecule is CCC(CO)NC(=O)Nc1cccc(-c2ncc(C)o2)c1. The number of anilines is 1. The summed E-state index contributed by atoms with van der Waals surface area (Å²) in [7, 11) is 0. The lowest BCUT2D eigenvalue weighted by atomic mass is 10.2. The van der Waals surface area contributed by atoms with Gasteiger partial charge in [0.2, 0.25) is 5.89 Å². The van der Waals surface area contributed by atoms with Crippen LogP contribution in [0.15, 0.2) is 34.9 Å². The van der Waals surface area contributed by atoms with Crippen LogP contribution < -0.4 is 10.6 Å². The zero-order valence-electron chi connectivity index (χ0n) is 12.1. The average molecular weight is 289 g/mol. The van der Waals surface area contributed by atoms with Gasteiger partial charge in [0.05, 0.1) is 18.8 Å². The third-order valence-corrected chi connectivity index (χ3v) is 3.04. The fourth-order valence-electron chi connectivity index (χ4n) is 1.85. The number of carbonyl (C=O) groups is 1. The topological polar surface area (TPSA) is 87.4 Å². The van der Waals surface area contributed by atoms with Gasteiger partial charge >= 0.3 is 6.03 Å². The fourth-order valence-corrected chi connectivity index (χ4v) is 1.85. The van der Waals surface area contributed by atoms with Crippen molar-refractivity contribution in [1.29, 1.82) is 0 Å². The molecule has 1 aromatic heterocycles. The first-order valence-corrected chi connectivity index (χ1v) is 6.83. The van der Waals surface area contributed by atoms with E-state index in [-0.39, 0.29) is 18.7 Å². The van der Waals surface area contributed by atoms with Gasteiger partial charge in [0, 0.05) is 11.3 Å². The van der Waals surface area contributed by atoms with Crippen molar-refractivity contribution in [2.24, 2.45) is 0 Å². The summed E-state index contributed by atoms with van der Waals surface area (Å²) in [6, 6.07) is 6.63. The molecule has 0 radical (unpaired) electrons. The maximum absolute atomic E-state index is 11.8. The molecule has 2 aromatic rings. The number of aliphatic hydroxyl groups is 1. The second-order valence-electron chi connectivity index (χ2n) is 4.74. The Morgan fingerprint density at radius 3 is 2.90 bits per heavy atom. The number of hydrogen-bond donors (Lipinski definition) is 3. The molecule has 0 aliphatic carbocycles. The van der Waals surface area contributed by atoms with E-state index >= 15 is 0 Å². The maximum Gasteiger partial charge on any atom is 0.319 e. The predicted octanol–water partition coefficient (Wildman–Crippen LogP) is 2.54. The highest BCUT2D eigenvalue weighted by atomic mass is 16.4. The summed E-state index contributed by atoms with van der Waals surface area (Å²) in [5.74, 6) is 1.24. The zero-order chi connectivity index (χ0) is 15.2. The lowest BCUT2D eigenvalue weighted by molar-refractivity contribution is 0.222. The standard InChI is InChI=1S/C15H19N3O3/c1-3-12(9-19)17-15(20)18-13-6-4-5-11(7-13)14-16-8-10(2)21-14/h4-8,12,19H,3,9H2,1-2H3,(H2,17,18,20). The minimum Gasteiger partial charge on any atom is -0.441 e. The number of oxazole rings is 1. The lowest BCUT2D eigenvalue weighted by Crippen LogP contribution is -2.39. The Morgan fingerprint density at radius 1 is 1.48 bits per heavy atom. The summed E-state index contributed by atoms with van der Waals surface area (Å²) in [4.78, 5) is 16.0. The van der Waals surface area contributed by atoms with Crippen LogP contribution in [0.5, 0.6) is 0 Å². The molecule has 3 N–H and O–H groups in total. The normalized spacial score (nSPS) is 12.0. The van der Waals surface area contributed by atoms with E-state index in [0.29, 0.717) is 18.0 Å². The number of nitrogens with one attached hydrogen (secondary N) is 2. The highest BCUT2D eigenvalue weighted by molar-refractivity contribution is 5.90. The summed E-state index contributed by atoms with van der Waals surface area (Å²) in [5.41, 5.74) is 1.42. The van der Waals surface area contributed by atoms with Crippen molar-refractivity contribution >= 4 is 11.7 Å². The zero-order valence-corrected chi connectivity index (χ0v) is 12.1. The quantitative estimate of drug-likeness (QED) is 0.789. The molecule has 0 bridgehead atoms. The van der Waals surface area contributed by atoms with Crippen LogP contribution in [0.2, 0.25) is 0 Å². The summed E-state index contributed by atoms with van der Waals surface area (Å²) < 4.78 is 5.46. The first-order chi connectivity index (χ1) is 10.1. The van der Waals surface area contributed by atoms with E-state index < -0.39 is 0 Å². The second-order valence-corrected chi connectivity index (χ2v) is 4.74. The number of nitrogens with zero attached hydrogens (tertiary/aromatic N) is 1. The number of urea groups is 1. The molecule has 21 heavy (non-hydrogen) atoms. The molecule has 2 rings (SSSR count). The van der Waals surface area contributed by atoms with Crippen LogP contribution in [0.1, 0.15) is 19.1 Å². The Labute approximate surface area is 123 Å². The third kappa shape index (κ3) is 4.06. The molecule has 0 saturated heterocycles.